The van der Waals surface area contributed by atoms with Crippen molar-refractivity contribution in [3.8, 4) is 0 Å². The predicted octanol–water partition coefficient (Wildman–Crippen LogP) is 2.03. The Morgan fingerprint density at radius 3 is 2.10 bits per heavy atom. The van der Waals surface area contributed by atoms with E-state index in [0.717, 1.165) is 0 Å². The van der Waals surface area contributed by atoms with Gasteiger partial charge in [-0.2, -0.15) is 0 Å². The first-order chi connectivity index (χ1) is 13.9. The van der Waals surface area contributed by atoms with Crippen LogP contribution in [0.4, 0.5) is 11.4 Å². The van der Waals surface area contributed by atoms with E-state index in [1.165, 1.54) is 24.3 Å². The second-order valence-corrected chi connectivity index (χ2v) is 6.19. The lowest BCUT2D eigenvalue weighted by Gasteiger charge is -2.08. The van der Waals surface area contributed by atoms with Crippen molar-refractivity contribution < 1.29 is 19.3 Å². The van der Waals surface area contributed by atoms with Crippen LogP contribution in [0.3, 0.4) is 0 Å². The molecule has 3 amide bonds. The van der Waals surface area contributed by atoms with Gasteiger partial charge in [0.1, 0.15) is 0 Å². The highest BCUT2D eigenvalue weighted by Gasteiger charge is 2.09. The molecule has 2 aromatic carbocycles. The number of anilines is 1. The Labute approximate surface area is 167 Å². The average molecular weight is 398 g/mol. The summed E-state index contributed by atoms with van der Waals surface area (Å²) in [6.45, 7) is 2.42. The number of amides is 3. The Kier molecular flexibility index (Phi) is 7.84. The molecule has 9 nitrogen and oxygen atoms in total. The van der Waals surface area contributed by atoms with Crippen LogP contribution in [0.15, 0.2) is 48.5 Å². The average Bonchev–Trinajstić information content (AvgIpc) is 2.71. The highest BCUT2D eigenvalue weighted by atomic mass is 16.6. The Hall–Kier alpha value is -3.75. The Morgan fingerprint density at radius 1 is 0.897 bits per heavy atom. The molecule has 0 radical (unpaired) electrons. The molecule has 2 rings (SSSR count). The van der Waals surface area contributed by atoms with Crippen molar-refractivity contribution in [1.82, 2.24) is 10.6 Å². The van der Waals surface area contributed by atoms with Gasteiger partial charge in [-0.25, -0.2) is 0 Å². The molecule has 0 unspecified atom stereocenters. The third-order valence-corrected chi connectivity index (χ3v) is 4.00. The van der Waals surface area contributed by atoms with Gasteiger partial charge in [0.25, 0.3) is 11.6 Å². The monoisotopic (exact) mass is 398 g/mol. The predicted molar refractivity (Wildman–Crippen MR) is 108 cm³/mol. The fraction of sp³-hybridized carbons (Fsp3) is 0.250. The van der Waals surface area contributed by atoms with Gasteiger partial charge in [-0.15, -0.1) is 0 Å². The number of carbonyl (C=O) groups is 3. The summed E-state index contributed by atoms with van der Waals surface area (Å²) in [7, 11) is 0. The smallest absolute Gasteiger partial charge is 0.269 e. The Morgan fingerprint density at radius 2 is 1.52 bits per heavy atom. The van der Waals surface area contributed by atoms with Gasteiger partial charge in [0.15, 0.2) is 0 Å². The number of non-ortho nitro benzene ring substituents is 1. The maximum atomic E-state index is 12.1. The van der Waals surface area contributed by atoms with Crippen molar-refractivity contribution in [3.63, 3.8) is 0 Å². The van der Waals surface area contributed by atoms with Gasteiger partial charge in [-0.05, 0) is 29.8 Å². The van der Waals surface area contributed by atoms with Crippen LogP contribution < -0.4 is 16.0 Å². The summed E-state index contributed by atoms with van der Waals surface area (Å²) in [5.41, 5.74) is 1.58. The molecule has 0 saturated heterocycles. The summed E-state index contributed by atoms with van der Waals surface area (Å²) in [5.74, 6) is -0.629. The molecule has 0 spiro atoms. The molecule has 3 N–H and O–H groups in total. The molecular weight excluding hydrogens is 376 g/mol. The normalized spacial score (nSPS) is 10.1. The summed E-state index contributed by atoms with van der Waals surface area (Å²) >= 11 is 0. The zero-order chi connectivity index (χ0) is 21.2. The van der Waals surface area contributed by atoms with Crippen molar-refractivity contribution in [3.05, 3.63) is 69.8 Å². The molecule has 0 saturated carbocycles. The lowest BCUT2D eigenvalue weighted by Crippen LogP contribution is -2.34. The quantitative estimate of drug-likeness (QED) is 0.338. The van der Waals surface area contributed by atoms with E-state index >= 15 is 0 Å². The number of nitro benzene ring substituents is 1. The van der Waals surface area contributed by atoms with Crippen LogP contribution in [0.5, 0.6) is 0 Å². The van der Waals surface area contributed by atoms with Crippen LogP contribution in [-0.4, -0.2) is 35.7 Å². The molecule has 0 aromatic heterocycles. The first-order valence-electron chi connectivity index (χ1n) is 9.07. The van der Waals surface area contributed by atoms with Crippen molar-refractivity contribution in [2.45, 2.75) is 19.8 Å². The van der Waals surface area contributed by atoms with E-state index in [-0.39, 0.29) is 29.8 Å². The molecule has 0 aliphatic rings. The van der Waals surface area contributed by atoms with Gasteiger partial charge in [-0.3, -0.25) is 24.5 Å². The van der Waals surface area contributed by atoms with E-state index in [4.69, 9.17) is 0 Å². The molecule has 0 heterocycles. The maximum absolute atomic E-state index is 12.1. The third-order valence-electron chi connectivity index (χ3n) is 4.00. The second kappa shape index (κ2) is 10.5. The van der Waals surface area contributed by atoms with Crippen LogP contribution in [0.25, 0.3) is 0 Å². The minimum Gasteiger partial charge on any atom is -0.354 e. The molecule has 9 heteroatoms. The number of nitrogens with zero attached hydrogens (tertiary/aromatic N) is 1. The summed E-state index contributed by atoms with van der Waals surface area (Å²) < 4.78 is 0. The first kappa shape index (κ1) is 21.5. The van der Waals surface area contributed by atoms with Gasteiger partial charge < -0.3 is 16.0 Å². The first-order valence-corrected chi connectivity index (χ1v) is 9.07. The van der Waals surface area contributed by atoms with Gasteiger partial charge in [0, 0.05) is 42.9 Å². The van der Waals surface area contributed by atoms with E-state index in [1.807, 2.05) is 0 Å². The number of carbonyl (C=O) groups excluding carboxylic acids is 3. The number of hydrogen-bond donors (Lipinski definition) is 3. The lowest BCUT2D eigenvalue weighted by atomic mass is 10.1. The standard InChI is InChI=1S/C20H22N4O5/c1-2-18(25)21-11-12-22-20(27)15-5-7-16(8-6-15)23-19(26)13-14-3-9-17(10-4-14)24(28)29/h3-10H,2,11-13H2,1H3,(H,21,25)(H,22,27)(H,23,26). The van der Waals surface area contributed by atoms with Crippen LogP contribution in [0.2, 0.25) is 0 Å². The van der Waals surface area contributed by atoms with Gasteiger partial charge >= 0.3 is 0 Å². The van der Waals surface area contributed by atoms with Gasteiger partial charge in [0.2, 0.25) is 11.8 Å². The number of nitro groups is 1. The fourth-order valence-electron chi connectivity index (χ4n) is 2.44. The lowest BCUT2D eigenvalue weighted by molar-refractivity contribution is -0.384. The Balaban J connectivity index is 1.81. The van der Waals surface area contributed by atoms with Crippen LogP contribution in [-0.2, 0) is 16.0 Å². The summed E-state index contributed by atoms with van der Waals surface area (Å²) in [5, 5.41) is 18.7. The van der Waals surface area contributed by atoms with E-state index < -0.39 is 4.92 Å². The van der Waals surface area contributed by atoms with Crippen molar-refractivity contribution in [1.29, 1.82) is 0 Å². The molecule has 29 heavy (non-hydrogen) atoms. The van der Waals surface area contributed by atoms with E-state index in [0.29, 0.717) is 36.3 Å². The molecule has 0 aliphatic heterocycles. The van der Waals surface area contributed by atoms with E-state index in [9.17, 15) is 24.5 Å². The van der Waals surface area contributed by atoms with E-state index in [2.05, 4.69) is 16.0 Å². The molecular formula is C20H22N4O5. The SMILES string of the molecule is CCC(=O)NCCNC(=O)c1ccc(NC(=O)Cc2ccc([N+](=O)[O-])cc2)cc1. The van der Waals surface area contributed by atoms with Crippen molar-refractivity contribution in [2.24, 2.45) is 0 Å². The van der Waals surface area contributed by atoms with Crippen LogP contribution in [0, 0.1) is 10.1 Å². The zero-order valence-electron chi connectivity index (χ0n) is 15.9. The van der Waals surface area contributed by atoms with Crippen molar-refractivity contribution >= 4 is 29.1 Å². The number of hydrogen-bond acceptors (Lipinski definition) is 5. The largest absolute Gasteiger partial charge is 0.354 e. The Bertz CT molecular complexity index is 879. The minimum absolute atomic E-state index is 0.0317. The molecule has 0 bridgehead atoms. The number of nitrogens with one attached hydrogen (secondary N) is 3. The highest BCUT2D eigenvalue weighted by molar-refractivity contribution is 5.96. The molecule has 152 valence electrons. The topological polar surface area (TPSA) is 130 Å². The highest BCUT2D eigenvalue weighted by Crippen LogP contribution is 2.14. The van der Waals surface area contributed by atoms with Gasteiger partial charge in [0.05, 0.1) is 11.3 Å². The fourth-order valence-corrected chi connectivity index (χ4v) is 2.44. The third kappa shape index (κ3) is 7.06. The molecule has 0 fully saturated rings. The van der Waals surface area contributed by atoms with Gasteiger partial charge in [-0.1, -0.05) is 19.1 Å². The van der Waals surface area contributed by atoms with Crippen molar-refractivity contribution in [2.75, 3.05) is 18.4 Å². The molecule has 2 aromatic rings. The van der Waals surface area contributed by atoms with E-state index in [1.54, 1.807) is 31.2 Å². The second-order valence-electron chi connectivity index (χ2n) is 6.19. The molecule has 0 aliphatic carbocycles. The molecule has 0 atom stereocenters. The minimum atomic E-state index is -0.497. The number of rotatable bonds is 9. The zero-order valence-corrected chi connectivity index (χ0v) is 15.9. The summed E-state index contributed by atoms with van der Waals surface area (Å²) in [6.07, 6.45) is 0.467. The van der Waals surface area contributed by atoms with Crippen LogP contribution in [0.1, 0.15) is 29.3 Å². The number of benzene rings is 2. The summed E-state index contributed by atoms with van der Waals surface area (Å²) in [6, 6.07) is 12.2. The maximum Gasteiger partial charge on any atom is 0.269 e. The summed E-state index contributed by atoms with van der Waals surface area (Å²) in [4.78, 5) is 45.4. The van der Waals surface area contributed by atoms with Crippen LogP contribution >= 0.6 is 0 Å².